The van der Waals surface area contributed by atoms with E-state index in [0.717, 1.165) is 29.1 Å². The van der Waals surface area contributed by atoms with Crippen LogP contribution >= 0.6 is 11.3 Å². The molecule has 0 saturated heterocycles. The van der Waals surface area contributed by atoms with Gasteiger partial charge in [-0.15, -0.1) is 11.3 Å². The van der Waals surface area contributed by atoms with Crippen molar-refractivity contribution in [3.05, 3.63) is 46.5 Å². The van der Waals surface area contributed by atoms with E-state index in [4.69, 9.17) is 0 Å². The molecular weight excluding hydrogens is 298 g/mol. The summed E-state index contributed by atoms with van der Waals surface area (Å²) in [6.07, 6.45) is 0.813. The fourth-order valence-electron chi connectivity index (χ4n) is 2.51. The van der Waals surface area contributed by atoms with Gasteiger partial charge in [-0.05, 0) is 0 Å². The van der Waals surface area contributed by atoms with Crippen LogP contribution in [0.2, 0.25) is 0 Å². The molecule has 1 amide bonds. The van der Waals surface area contributed by atoms with E-state index in [9.17, 15) is 9.59 Å². The maximum absolute atomic E-state index is 12.3. The largest absolute Gasteiger partial charge is 0.302 e. The molecule has 6 heteroatoms. The lowest BCUT2D eigenvalue weighted by molar-refractivity contribution is -0.114. The van der Waals surface area contributed by atoms with E-state index in [1.54, 1.807) is 0 Å². The summed E-state index contributed by atoms with van der Waals surface area (Å²) in [5.41, 5.74) is 1.79. The number of fused-ring (bicyclic) bond motifs is 1. The van der Waals surface area contributed by atoms with Crippen molar-refractivity contribution in [2.24, 2.45) is 0 Å². The first kappa shape index (κ1) is 14.9. The van der Waals surface area contributed by atoms with E-state index in [1.807, 2.05) is 30.3 Å². The highest BCUT2D eigenvalue weighted by atomic mass is 32.1. The number of amides is 1. The van der Waals surface area contributed by atoms with Crippen LogP contribution in [0, 0.1) is 0 Å². The summed E-state index contributed by atoms with van der Waals surface area (Å²) in [6, 6.07) is 9.36. The van der Waals surface area contributed by atoms with Crippen LogP contribution in [0.25, 0.3) is 0 Å². The second kappa shape index (κ2) is 6.37. The van der Waals surface area contributed by atoms with Crippen molar-refractivity contribution >= 4 is 28.2 Å². The SMILES string of the molecule is CC(=O)Nc1nc2c(s1)CN(CC(=O)c1ccccc1)CC2. The number of anilines is 1. The summed E-state index contributed by atoms with van der Waals surface area (Å²) in [4.78, 5) is 31.1. The van der Waals surface area contributed by atoms with Crippen molar-refractivity contribution < 1.29 is 9.59 Å². The van der Waals surface area contributed by atoms with Gasteiger partial charge in [-0.1, -0.05) is 30.3 Å². The standard InChI is InChI=1S/C16H17N3O2S/c1-11(20)17-16-18-13-7-8-19(10-15(13)22-16)9-14(21)12-5-3-2-4-6-12/h2-6H,7-10H2,1H3,(H,17,18,20). The molecule has 0 atom stereocenters. The molecule has 0 radical (unpaired) electrons. The van der Waals surface area contributed by atoms with Crippen LogP contribution in [-0.2, 0) is 17.8 Å². The fraction of sp³-hybridized carbons (Fsp3) is 0.312. The maximum Gasteiger partial charge on any atom is 0.223 e. The van der Waals surface area contributed by atoms with Crippen LogP contribution in [0.4, 0.5) is 5.13 Å². The van der Waals surface area contributed by atoms with E-state index >= 15 is 0 Å². The summed E-state index contributed by atoms with van der Waals surface area (Å²) in [6.45, 7) is 3.42. The zero-order valence-corrected chi connectivity index (χ0v) is 13.2. The Kier molecular flexibility index (Phi) is 4.31. The number of carbonyl (C=O) groups excluding carboxylic acids is 2. The summed E-state index contributed by atoms with van der Waals surface area (Å²) < 4.78 is 0. The topological polar surface area (TPSA) is 62.3 Å². The third kappa shape index (κ3) is 3.40. The number of benzene rings is 1. The van der Waals surface area contributed by atoms with Crippen LogP contribution in [0.3, 0.4) is 0 Å². The van der Waals surface area contributed by atoms with E-state index < -0.39 is 0 Å². The van der Waals surface area contributed by atoms with E-state index in [-0.39, 0.29) is 11.7 Å². The molecule has 1 aliphatic rings. The van der Waals surface area contributed by atoms with Gasteiger partial charge in [0.2, 0.25) is 5.91 Å². The molecule has 0 bridgehead atoms. The molecule has 0 fully saturated rings. The molecular formula is C16H17N3O2S. The average molecular weight is 315 g/mol. The van der Waals surface area contributed by atoms with Gasteiger partial charge in [-0.2, -0.15) is 0 Å². The lowest BCUT2D eigenvalue weighted by Crippen LogP contribution is -2.34. The number of thiazole rings is 1. The summed E-state index contributed by atoms with van der Waals surface area (Å²) in [5, 5.41) is 3.37. The van der Waals surface area contributed by atoms with E-state index in [0.29, 0.717) is 18.2 Å². The number of aromatic nitrogens is 1. The summed E-state index contributed by atoms with van der Waals surface area (Å²) in [7, 11) is 0. The number of rotatable bonds is 4. The third-order valence-corrected chi connectivity index (χ3v) is 4.55. The molecule has 0 spiro atoms. The van der Waals surface area contributed by atoms with Gasteiger partial charge in [-0.25, -0.2) is 4.98 Å². The quantitative estimate of drug-likeness (QED) is 0.880. The van der Waals surface area contributed by atoms with Crippen LogP contribution < -0.4 is 5.32 Å². The monoisotopic (exact) mass is 315 g/mol. The normalized spacial score (nSPS) is 14.4. The van der Waals surface area contributed by atoms with Crippen molar-refractivity contribution in [1.29, 1.82) is 0 Å². The average Bonchev–Trinajstić information content (AvgIpc) is 2.88. The molecule has 0 aliphatic carbocycles. The molecule has 1 aromatic carbocycles. The lowest BCUT2D eigenvalue weighted by Gasteiger charge is -2.24. The van der Waals surface area contributed by atoms with Crippen LogP contribution in [0.5, 0.6) is 0 Å². The summed E-state index contributed by atoms with van der Waals surface area (Å²) in [5.74, 6) is 0.0258. The number of ketones is 1. The molecule has 1 aromatic heterocycles. The zero-order valence-electron chi connectivity index (χ0n) is 12.3. The second-order valence-electron chi connectivity index (χ2n) is 5.32. The van der Waals surface area contributed by atoms with Gasteiger partial charge in [0.15, 0.2) is 10.9 Å². The first-order valence-corrected chi connectivity index (χ1v) is 8.00. The molecule has 2 heterocycles. The molecule has 114 valence electrons. The molecule has 1 N–H and O–H groups in total. The Hall–Kier alpha value is -2.05. The Bertz CT molecular complexity index is 697. The number of carbonyl (C=O) groups is 2. The molecule has 2 aromatic rings. The highest BCUT2D eigenvalue weighted by Crippen LogP contribution is 2.28. The third-order valence-electron chi connectivity index (χ3n) is 3.56. The van der Waals surface area contributed by atoms with Gasteiger partial charge >= 0.3 is 0 Å². The van der Waals surface area contributed by atoms with Crippen LogP contribution in [0.15, 0.2) is 30.3 Å². The van der Waals surface area contributed by atoms with Gasteiger partial charge < -0.3 is 5.32 Å². The molecule has 0 saturated carbocycles. The Labute approximate surface area is 133 Å². The van der Waals surface area contributed by atoms with Gasteiger partial charge in [-0.3, -0.25) is 14.5 Å². The molecule has 3 rings (SSSR count). The van der Waals surface area contributed by atoms with E-state index in [2.05, 4.69) is 15.2 Å². The fourth-order valence-corrected chi connectivity index (χ4v) is 3.60. The Morgan fingerprint density at radius 3 is 2.82 bits per heavy atom. The smallest absolute Gasteiger partial charge is 0.223 e. The van der Waals surface area contributed by atoms with Gasteiger partial charge in [0, 0.05) is 36.9 Å². The number of Topliss-reactive ketones (excluding diaryl/α,β-unsaturated/α-hetero) is 1. The number of hydrogen-bond donors (Lipinski definition) is 1. The van der Waals surface area contributed by atoms with E-state index in [1.165, 1.54) is 18.3 Å². The Balaban J connectivity index is 1.65. The molecule has 1 aliphatic heterocycles. The van der Waals surface area contributed by atoms with Crippen LogP contribution in [0.1, 0.15) is 27.9 Å². The van der Waals surface area contributed by atoms with Crippen molar-refractivity contribution in [2.75, 3.05) is 18.4 Å². The van der Waals surface area contributed by atoms with Crippen molar-refractivity contribution in [2.45, 2.75) is 19.9 Å². The van der Waals surface area contributed by atoms with Crippen molar-refractivity contribution in [3.63, 3.8) is 0 Å². The van der Waals surface area contributed by atoms with Gasteiger partial charge in [0.1, 0.15) is 0 Å². The molecule has 5 nitrogen and oxygen atoms in total. The van der Waals surface area contributed by atoms with Gasteiger partial charge in [0.25, 0.3) is 0 Å². The number of nitrogens with zero attached hydrogens (tertiary/aromatic N) is 2. The highest BCUT2D eigenvalue weighted by molar-refractivity contribution is 7.15. The van der Waals surface area contributed by atoms with Crippen LogP contribution in [-0.4, -0.2) is 34.7 Å². The summed E-state index contributed by atoms with van der Waals surface area (Å²) >= 11 is 1.49. The first-order valence-electron chi connectivity index (χ1n) is 7.18. The van der Waals surface area contributed by atoms with Gasteiger partial charge in [0.05, 0.1) is 12.2 Å². The Morgan fingerprint density at radius 1 is 1.32 bits per heavy atom. The minimum absolute atomic E-state index is 0.109. The highest BCUT2D eigenvalue weighted by Gasteiger charge is 2.22. The van der Waals surface area contributed by atoms with Crippen molar-refractivity contribution in [3.8, 4) is 0 Å². The van der Waals surface area contributed by atoms with Crippen molar-refractivity contribution in [1.82, 2.24) is 9.88 Å². The predicted octanol–water partition coefficient (Wildman–Crippen LogP) is 2.34. The number of nitrogens with one attached hydrogen (secondary N) is 1. The minimum atomic E-state index is -0.109. The number of hydrogen-bond acceptors (Lipinski definition) is 5. The minimum Gasteiger partial charge on any atom is -0.302 e. The molecule has 0 unspecified atom stereocenters. The maximum atomic E-state index is 12.3. The first-order chi connectivity index (χ1) is 10.6. The Morgan fingerprint density at radius 2 is 2.09 bits per heavy atom. The molecule has 22 heavy (non-hydrogen) atoms. The lowest BCUT2D eigenvalue weighted by atomic mass is 10.1. The second-order valence-corrected chi connectivity index (χ2v) is 6.40. The predicted molar refractivity (Wildman–Crippen MR) is 86.2 cm³/mol. The zero-order chi connectivity index (χ0) is 15.5.